The van der Waals surface area contributed by atoms with Gasteiger partial charge in [-0.05, 0) is 62.4 Å². The summed E-state index contributed by atoms with van der Waals surface area (Å²) in [4.78, 5) is 35.8. The maximum Gasteiger partial charge on any atom is 0.332 e. The highest BCUT2D eigenvalue weighted by molar-refractivity contribution is 6.30. The molecule has 3 aromatic heterocycles. The van der Waals surface area contributed by atoms with Crippen molar-refractivity contribution in [1.82, 2.24) is 19.1 Å². The molecule has 2 unspecified atom stereocenters. The lowest BCUT2D eigenvalue weighted by Gasteiger charge is -2.22. The minimum Gasteiger partial charge on any atom is -0.454 e. The third-order valence-corrected chi connectivity index (χ3v) is 7.15. The Kier molecular flexibility index (Phi) is 8.60. The van der Waals surface area contributed by atoms with E-state index in [2.05, 4.69) is 9.97 Å². The fourth-order valence-electron chi connectivity index (χ4n) is 4.74. The smallest absolute Gasteiger partial charge is 0.332 e. The zero-order chi connectivity index (χ0) is 28.2. The third kappa shape index (κ3) is 5.95. The van der Waals surface area contributed by atoms with Crippen LogP contribution >= 0.6 is 11.6 Å². The second-order valence-electron chi connectivity index (χ2n) is 9.75. The summed E-state index contributed by atoms with van der Waals surface area (Å²) in [6.07, 6.45) is 4.73. The fraction of sp³-hybridized carbons (Fsp3) is 0.379. The first-order valence-electron chi connectivity index (χ1n) is 13.2. The Morgan fingerprint density at radius 3 is 2.62 bits per heavy atom. The van der Waals surface area contributed by atoms with Gasteiger partial charge in [0.1, 0.15) is 17.5 Å². The number of benzene rings is 1. The molecule has 1 aliphatic rings. The number of ether oxygens (including phenoxy) is 3. The number of aryl methyl sites for hydroxylation is 2. The van der Waals surface area contributed by atoms with Crippen molar-refractivity contribution < 1.29 is 19.3 Å². The number of fused-ring (bicyclic) bond motifs is 1. The average Bonchev–Trinajstić information content (AvgIpc) is 2.97. The number of halogens is 1. The molecular weight excluding hydrogens is 536 g/mol. The number of hydrogen-bond donors (Lipinski definition) is 1. The summed E-state index contributed by atoms with van der Waals surface area (Å²) in [6, 6.07) is 10.2. The molecule has 5 rings (SSSR count). The van der Waals surface area contributed by atoms with Crippen LogP contribution in [0.3, 0.4) is 0 Å². The van der Waals surface area contributed by atoms with Crippen molar-refractivity contribution in [1.29, 1.82) is 0 Å². The highest BCUT2D eigenvalue weighted by atomic mass is 35.5. The van der Waals surface area contributed by atoms with Gasteiger partial charge in [-0.15, -0.1) is 0 Å². The molecule has 0 saturated carbocycles. The van der Waals surface area contributed by atoms with Crippen molar-refractivity contribution in [2.75, 3.05) is 13.2 Å². The molecule has 0 radical (unpaired) electrons. The van der Waals surface area contributed by atoms with Crippen LogP contribution in [-0.4, -0.2) is 43.7 Å². The van der Waals surface area contributed by atoms with E-state index < -0.39 is 17.4 Å². The fourth-order valence-corrected chi connectivity index (χ4v) is 4.87. The number of hydrogen-bond acceptors (Lipinski definition) is 8. The molecule has 1 saturated heterocycles. The average molecular weight is 567 g/mol. The molecule has 0 bridgehead atoms. The standard InChI is InChI=1S/C29H31ClN4O6/c1-18-7-12-21(16-31-18)40-22-17-32-27-25(24(22)26(35)19-8-10-20(30)11-9-19)28(36)34(29(37)33(27)2)13-5-15-39-23-6-3-4-14-38-23/h7-12,16-17,23,26,35H,3-6,13-15H2,1-2H3. The highest BCUT2D eigenvalue weighted by Gasteiger charge is 2.26. The summed E-state index contributed by atoms with van der Waals surface area (Å²) in [5.41, 5.74) is 0.536. The summed E-state index contributed by atoms with van der Waals surface area (Å²) in [6.45, 7) is 2.98. The summed E-state index contributed by atoms with van der Waals surface area (Å²) >= 11 is 6.07. The summed E-state index contributed by atoms with van der Waals surface area (Å²) in [7, 11) is 1.54. The molecule has 4 aromatic rings. The zero-order valence-electron chi connectivity index (χ0n) is 22.4. The maximum absolute atomic E-state index is 13.9. The van der Waals surface area contributed by atoms with Crippen molar-refractivity contribution in [2.45, 2.75) is 51.5 Å². The number of aliphatic hydroxyl groups excluding tert-OH is 1. The van der Waals surface area contributed by atoms with Gasteiger partial charge in [0, 0.05) is 36.5 Å². The van der Waals surface area contributed by atoms with E-state index in [-0.39, 0.29) is 35.2 Å². The molecule has 1 aliphatic heterocycles. The van der Waals surface area contributed by atoms with Gasteiger partial charge in [-0.25, -0.2) is 9.78 Å². The number of rotatable bonds is 9. The van der Waals surface area contributed by atoms with Gasteiger partial charge in [-0.1, -0.05) is 23.7 Å². The van der Waals surface area contributed by atoms with Crippen LogP contribution in [0.5, 0.6) is 11.5 Å². The molecule has 40 heavy (non-hydrogen) atoms. The minimum atomic E-state index is -1.28. The quantitative estimate of drug-likeness (QED) is 0.299. The topological polar surface area (TPSA) is 118 Å². The van der Waals surface area contributed by atoms with Gasteiger partial charge in [0.05, 0.1) is 24.4 Å². The molecular formula is C29H31ClN4O6. The van der Waals surface area contributed by atoms with E-state index >= 15 is 0 Å². The number of pyridine rings is 2. The molecule has 10 nitrogen and oxygen atoms in total. The first-order chi connectivity index (χ1) is 19.3. The second-order valence-corrected chi connectivity index (χ2v) is 10.2. The van der Waals surface area contributed by atoms with Crippen LogP contribution in [0.25, 0.3) is 11.0 Å². The van der Waals surface area contributed by atoms with E-state index in [1.807, 2.05) is 6.92 Å². The van der Waals surface area contributed by atoms with Crippen LogP contribution in [-0.2, 0) is 23.1 Å². The van der Waals surface area contributed by atoms with Crippen LogP contribution in [0.2, 0.25) is 5.02 Å². The van der Waals surface area contributed by atoms with Crippen LogP contribution in [0.1, 0.15) is 48.6 Å². The highest BCUT2D eigenvalue weighted by Crippen LogP contribution is 2.36. The van der Waals surface area contributed by atoms with Crippen molar-refractivity contribution in [3.63, 3.8) is 0 Å². The van der Waals surface area contributed by atoms with Crippen LogP contribution < -0.4 is 16.0 Å². The molecule has 0 amide bonds. The molecule has 4 heterocycles. The Labute approximate surface area is 235 Å². The van der Waals surface area contributed by atoms with Gasteiger partial charge in [0.2, 0.25) is 0 Å². The van der Waals surface area contributed by atoms with E-state index in [0.29, 0.717) is 36.0 Å². The zero-order valence-corrected chi connectivity index (χ0v) is 23.1. The lowest BCUT2D eigenvalue weighted by molar-refractivity contribution is -0.163. The number of aliphatic hydroxyl groups is 1. The summed E-state index contributed by atoms with van der Waals surface area (Å²) in [5, 5.41) is 12.2. The van der Waals surface area contributed by atoms with E-state index in [9.17, 15) is 14.7 Å². The first kappa shape index (κ1) is 28.0. The van der Waals surface area contributed by atoms with Gasteiger partial charge in [-0.3, -0.25) is 18.9 Å². The molecule has 1 fully saturated rings. The number of aromatic nitrogens is 4. The van der Waals surface area contributed by atoms with Gasteiger partial charge < -0.3 is 19.3 Å². The van der Waals surface area contributed by atoms with Crippen LogP contribution in [0.15, 0.2) is 58.4 Å². The summed E-state index contributed by atoms with van der Waals surface area (Å²) in [5.74, 6) is 0.573. The normalized spacial score (nSPS) is 16.2. The minimum absolute atomic E-state index is 0.0821. The Hall–Kier alpha value is -3.57. The van der Waals surface area contributed by atoms with Crippen molar-refractivity contribution in [3.05, 3.63) is 91.5 Å². The lowest BCUT2D eigenvalue weighted by Crippen LogP contribution is -2.40. The van der Waals surface area contributed by atoms with Crippen molar-refractivity contribution in [3.8, 4) is 11.5 Å². The lowest BCUT2D eigenvalue weighted by atomic mass is 9.98. The third-order valence-electron chi connectivity index (χ3n) is 6.90. The molecule has 0 aliphatic carbocycles. The predicted octanol–water partition coefficient (Wildman–Crippen LogP) is 4.26. The maximum atomic E-state index is 13.9. The molecule has 1 aromatic carbocycles. The van der Waals surface area contributed by atoms with Crippen LogP contribution in [0.4, 0.5) is 0 Å². The molecule has 2 atom stereocenters. The van der Waals surface area contributed by atoms with E-state index in [4.69, 9.17) is 25.8 Å². The Balaban J connectivity index is 1.57. The SMILES string of the molecule is Cc1ccc(Oc2cnc3c(c2C(O)c2ccc(Cl)cc2)c(=O)n(CCCOC2CCCCO2)c(=O)n3C)cn1. The Morgan fingerprint density at radius 1 is 1.12 bits per heavy atom. The monoisotopic (exact) mass is 566 g/mol. The Morgan fingerprint density at radius 2 is 1.93 bits per heavy atom. The van der Waals surface area contributed by atoms with Gasteiger partial charge in [-0.2, -0.15) is 0 Å². The first-order valence-corrected chi connectivity index (χ1v) is 13.6. The molecule has 1 N–H and O–H groups in total. The van der Waals surface area contributed by atoms with E-state index in [0.717, 1.165) is 29.5 Å². The molecule has 0 spiro atoms. The van der Waals surface area contributed by atoms with E-state index in [1.165, 1.54) is 10.8 Å². The van der Waals surface area contributed by atoms with Crippen molar-refractivity contribution >= 4 is 22.6 Å². The summed E-state index contributed by atoms with van der Waals surface area (Å²) < 4.78 is 19.9. The predicted molar refractivity (Wildman–Crippen MR) is 150 cm³/mol. The Bertz CT molecular complexity index is 1600. The van der Waals surface area contributed by atoms with Gasteiger partial charge in [0.25, 0.3) is 5.56 Å². The number of nitrogens with zero attached hydrogens (tertiary/aromatic N) is 4. The van der Waals surface area contributed by atoms with Gasteiger partial charge in [0.15, 0.2) is 12.0 Å². The molecule has 11 heteroatoms. The molecule has 210 valence electrons. The van der Waals surface area contributed by atoms with E-state index in [1.54, 1.807) is 49.6 Å². The van der Waals surface area contributed by atoms with Crippen LogP contribution in [0, 0.1) is 6.92 Å². The second kappa shape index (κ2) is 12.3. The van der Waals surface area contributed by atoms with Crippen molar-refractivity contribution in [2.24, 2.45) is 7.05 Å². The largest absolute Gasteiger partial charge is 0.454 e. The van der Waals surface area contributed by atoms with Gasteiger partial charge >= 0.3 is 5.69 Å².